The average Bonchev–Trinajstić information content (AvgIpc) is 3.09. The summed E-state index contributed by atoms with van der Waals surface area (Å²) < 4.78 is 22.3. The Morgan fingerprint density at radius 1 is 1.11 bits per heavy atom. The highest BCUT2D eigenvalue weighted by atomic mass is 16.5. The van der Waals surface area contributed by atoms with Gasteiger partial charge in [0.2, 0.25) is 0 Å². The van der Waals surface area contributed by atoms with E-state index in [4.69, 9.17) is 18.9 Å². The van der Waals surface area contributed by atoms with Crippen LogP contribution in [-0.2, 0) is 4.74 Å². The van der Waals surface area contributed by atoms with E-state index in [1.54, 1.807) is 25.3 Å². The van der Waals surface area contributed by atoms with Crippen molar-refractivity contribution < 1.29 is 29.2 Å². The van der Waals surface area contributed by atoms with E-state index < -0.39 is 6.10 Å². The molecule has 150 valence electrons. The van der Waals surface area contributed by atoms with Gasteiger partial charge in [-0.25, -0.2) is 0 Å². The minimum Gasteiger partial charge on any atom is -0.504 e. The summed E-state index contributed by atoms with van der Waals surface area (Å²) in [4.78, 5) is 0. The number of phenols is 1. The molecule has 1 heterocycles. The van der Waals surface area contributed by atoms with Crippen molar-refractivity contribution in [2.24, 2.45) is 0 Å². The fourth-order valence-electron chi connectivity index (χ4n) is 3.40. The number of phenolic OH excluding ortho intramolecular Hbond substituents is 1. The lowest BCUT2D eigenvalue weighted by Gasteiger charge is -2.18. The highest BCUT2D eigenvalue weighted by molar-refractivity contribution is 5.62. The van der Waals surface area contributed by atoms with Crippen LogP contribution in [-0.4, -0.2) is 44.3 Å². The number of benzene rings is 2. The van der Waals surface area contributed by atoms with Gasteiger partial charge in [-0.15, -0.1) is 0 Å². The standard InChI is InChI=1S/C22H26O6/c1-4-27-9-5-6-14-10-16-17(13-23)21(28-22(16)20(11-14)26-3)15-7-8-18(24)19(12-15)25-2/h5-8,10-12,17,21,23-24H,4,9,13H2,1-3H3/t17-,21+/m0/s1. The molecule has 0 saturated carbocycles. The predicted molar refractivity (Wildman–Crippen MR) is 106 cm³/mol. The van der Waals surface area contributed by atoms with Gasteiger partial charge >= 0.3 is 0 Å². The number of fused-ring (bicyclic) bond motifs is 1. The Labute approximate surface area is 164 Å². The zero-order valence-electron chi connectivity index (χ0n) is 16.3. The van der Waals surface area contributed by atoms with Gasteiger partial charge in [0, 0.05) is 12.2 Å². The first kappa shape index (κ1) is 20.0. The molecule has 0 amide bonds. The van der Waals surface area contributed by atoms with Gasteiger partial charge in [0.25, 0.3) is 0 Å². The molecule has 0 unspecified atom stereocenters. The summed E-state index contributed by atoms with van der Waals surface area (Å²) in [5, 5.41) is 19.9. The number of hydrogen-bond acceptors (Lipinski definition) is 6. The van der Waals surface area contributed by atoms with Crippen LogP contribution in [0.4, 0.5) is 0 Å². The van der Waals surface area contributed by atoms with Crippen molar-refractivity contribution in [1.82, 2.24) is 0 Å². The molecule has 6 nitrogen and oxygen atoms in total. The van der Waals surface area contributed by atoms with Crippen LogP contribution >= 0.6 is 0 Å². The minimum atomic E-state index is -0.411. The third-order valence-corrected chi connectivity index (χ3v) is 4.79. The minimum absolute atomic E-state index is 0.0570. The highest BCUT2D eigenvalue weighted by Gasteiger charge is 2.37. The van der Waals surface area contributed by atoms with Crippen LogP contribution < -0.4 is 14.2 Å². The molecule has 2 aromatic carbocycles. The van der Waals surface area contributed by atoms with E-state index >= 15 is 0 Å². The third-order valence-electron chi connectivity index (χ3n) is 4.79. The quantitative estimate of drug-likeness (QED) is 0.674. The monoisotopic (exact) mass is 386 g/mol. The molecular weight excluding hydrogens is 360 g/mol. The van der Waals surface area contributed by atoms with Gasteiger partial charge in [0.05, 0.1) is 33.4 Å². The molecule has 6 heteroatoms. The first-order valence-electron chi connectivity index (χ1n) is 9.23. The maximum atomic E-state index is 10.1. The number of aliphatic hydroxyl groups is 1. The molecule has 2 aromatic rings. The molecule has 2 atom stereocenters. The summed E-state index contributed by atoms with van der Waals surface area (Å²) in [6, 6.07) is 8.96. The predicted octanol–water partition coefficient (Wildman–Crippen LogP) is 3.67. The topological polar surface area (TPSA) is 77.4 Å². The van der Waals surface area contributed by atoms with Crippen molar-refractivity contribution in [3.8, 4) is 23.0 Å². The Balaban J connectivity index is 1.96. The number of hydrogen-bond donors (Lipinski definition) is 2. The van der Waals surface area contributed by atoms with Gasteiger partial charge in [0.1, 0.15) is 6.10 Å². The number of ether oxygens (including phenoxy) is 4. The number of rotatable bonds is 8. The van der Waals surface area contributed by atoms with Crippen molar-refractivity contribution in [2.45, 2.75) is 18.9 Å². The fourth-order valence-corrected chi connectivity index (χ4v) is 3.40. The molecule has 0 bridgehead atoms. The smallest absolute Gasteiger partial charge is 0.165 e. The van der Waals surface area contributed by atoms with E-state index in [0.29, 0.717) is 30.5 Å². The largest absolute Gasteiger partial charge is 0.504 e. The van der Waals surface area contributed by atoms with Crippen LogP contribution in [0.3, 0.4) is 0 Å². The number of methoxy groups -OCH3 is 2. The van der Waals surface area contributed by atoms with E-state index in [0.717, 1.165) is 16.7 Å². The van der Waals surface area contributed by atoms with Crippen molar-refractivity contribution >= 4 is 6.08 Å². The molecule has 2 N–H and O–H groups in total. The van der Waals surface area contributed by atoms with Crippen LogP contribution in [0.25, 0.3) is 6.08 Å². The second kappa shape index (κ2) is 8.99. The lowest BCUT2D eigenvalue weighted by atomic mass is 9.90. The molecule has 0 fully saturated rings. The molecule has 0 spiro atoms. The molecule has 28 heavy (non-hydrogen) atoms. The maximum absolute atomic E-state index is 10.1. The zero-order valence-corrected chi connectivity index (χ0v) is 16.3. The van der Waals surface area contributed by atoms with Crippen molar-refractivity contribution in [2.75, 3.05) is 34.0 Å². The second-order valence-electron chi connectivity index (χ2n) is 6.46. The summed E-state index contributed by atoms with van der Waals surface area (Å²) >= 11 is 0. The molecule has 1 aliphatic heterocycles. The molecule has 0 aliphatic carbocycles. The van der Waals surface area contributed by atoms with Gasteiger partial charge in [-0.3, -0.25) is 0 Å². The first-order chi connectivity index (χ1) is 13.6. The summed E-state index contributed by atoms with van der Waals surface area (Å²) in [5.74, 6) is 1.39. The van der Waals surface area contributed by atoms with E-state index in [1.165, 1.54) is 7.11 Å². The second-order valence-corrected chi connectivity index (χ2v) is 6.46. The van der Waals surface area contributed by atoms with Crippen LogP contribution in [0.1, 0.15) is 35.6 Å². The van der Waals surface area contributed by atoms with Crippen LogP contribution in [0.15, 0.2) is 36.4 Å². The molecule has 0 aromatic heterocycles. The Kier molecular flexibility index (Phi) is 6.44. The van der Waals surface area contributed by atoms with Gasteiger partial charge in [-0.05, 0) is 42.3 Å². The summed E-state index contributed by atoms with van der Waals surface area (Å²) in [5.41, 5.74) is 2.64. The first-order valence-corrected chi connectivity index (χ1v) is 9.23. The Morgan fingerprint density at radius 3 is 2.57 bits per heavy atom. The average molecular weight is 386 g/mol. The summed E-state index contributed by atoms with van der Waals surface area (Å²) in [6.07, 6.45) is 3.49. The molecule has 0 radical (unpaired) electrons. The van der Waals surface area contributed by atoms with Crippen molar-refractivity contribution in [3.63, 3.8) is 0 Å². The Hall–Kier alpha value is -2.70. The zero-order chi connectivity index (χ0) is 20.1. The summed E-state index contributed by atoms with van der Waals surface area (Å²) in [7, 11) is 3.09. The molecule has 3 rings (SSSR count). The number of aromatic hydroxyl groups is 1. The summed E-state index contributed by atoms with van der Waals surface area (Å²) in [6.45, 7) is 3.06. The van der Waals surface area contributed by atoms with Crippen LogP contribution in [0.2, 0.25) is 0 Å². The molecular formula is C22H26O6. The third kappa shape index (κ3) is 3.93. The number of aliphatic hydroxyl groups excluding tert-OH is 1. The normalized spacial score (nSPS) is 18.1. The van der Waals surface area contributed by atoms with Gasteiger partial charge in [0.15, 0.2) is 23.0 Å². The van der Waals surface area contributed by atoms with E-state index in [2.05, 4.69) is 0 Å². The lowest BCUT2D eigenvalue weighted by molar-refractivity contribution is 0.157. The molecule has 1 aliphatic rings. The fraction of sp³-hybridized carbons (Fsp3) is 0.364. The highest BCUT2D eigenvalue weighted by Crippen LogP contribution is 2.51. The molecule has 0 saturated heterocycles. The van der Waals surface area contributed by atoms with E-state index in [1.807, 2.05) is 31.2 Å². The van der Waals surface area contributed by atoms with Crippen LogP contribution in [0.5, 0.6) is 23.0 Å². The lowest BCUT2D eigenvalue weighted by Crippen LogP contribution is -2.13. The van der Waals surface area contributed by atoms with E-state index in [-0.39, 0.29) is 18.3 Å². The van der Waals surface area contributed by atoms with Crippen molar-refractivity contribution in [1.29, 1.82) is 0 Å². The van der Waals surface area contributed by atoms with Gasteiger partial charge < -0.3 is 29.2 Å². The van der Waals surface area contributed by atoms with Gasteiger partial charge in [-0.1, -0.05) is 18.2 Å². The maximum Gasteiger partial charge on any atom is 0.165 e. The van der Waals surface area contributed by atoms with E-state index in [9.17, 15) is 10.2 Å². The Morgan fingerprint density at radius 2 is 1.89 bits per heavy atom. The Bertz CT molecular complexity index is 845. The van der Waals surface area contributed by atoms with Crippen LogP contribution in [0, 0.1) is 0 Å². The SMILES string of the molecule is CCOCC=Cc1cc(OC)c2c(c1)[C@H](CO)[C@@H](c1ccc(O)c(OC)c1)O2. The van der Waals surface area contributed by atoms with Crippen molar-refractivity contribution in [3.05, 3.63) is 53.1 Å². The van der Waals surface area contributed by atoms with Gasteiger partial charge in [-0.2, -0.15) is 0 Å².